The van der Waals surface area contributed by atoms with Gasteiger partial charge in [0, 0.05) is 6.54 Å². The number of halogens is 2. The van der Waals surface area contributed by atoms with Gasteiger partial charge in [-0.25, -0.2) is 0 Å². The molecule has 4 aliphatic rings. The number of nitrogens with zero attached hydrogens (tertiary/aromatic N) is 1. The fourth-order valence-corrected chi connectivity index (χ4v) is 6.68. The molecule has 0 aliphatic heterocycles. The van der Waals surface area contributed by atoms with Crippen LogP contribution in [0.15, 0.2) is 18.2 Å². The molecule has 0 radical (unpaired) electrons. The van der Waals surface area contributed by atoms with Crippen LogP contribution in [-0.4, -0.2) is 43.4 Å². The first-order valence-electron chi connectivity index (χ1n) is 10.5. The second-order valence-corrected chi connectivity index (χ2v) is 10.3. The molecule has 5 rings (SSSR count). The lowest BCUT2D eigenvalue weighted by Gasteiger charge is -2.56. The van der Waals surface area contributed by atoms with Crippen LogP contribution < -0.4 is 10.6 Å². The molecule has 4 fully saturated rings. The zero-order valence-corrected chi connectivity index (χ0v) is 18.4. The van der Waals surface area contributed by atoms with Gasteiger partial charge >= 0.3 is 0 Å². The van der Waals surface area contributed by atoms with Crippen molar-refractivity contribution in [2.45, 2.75) is 38.5 Å². The highest BCUT2D eigenvalue weighted by Crippen LogP contribution is 2.59. The molecule has 0 aromatic heterocycles. The maximum atomic E-state index is 12.5. The Morgan fingerprint density at radius 3 is 2.07 bits per heavy atom. The molecular weight excluding hydrogens is 409 g/mol. The Balaban J connectivity index is 1.23. The minimum Gasteiger partial charge on any atom is -0.354 e. The van der Waals surface area contributed by atoms with Crippen LogP contribution in [0.4, 0.5) is 5.69 Å². The van der Waals surface area contributed by atoms with Gasteiger partial charge in [0.25, 0.3) is 0 Å². The Morgan fingerprint density at radius 2 is 1.52 bits per heavy atom. The number of benzene rings is 1. The van der Waals surface area contributed by atoms with Gasteiger partial charge in [-0.1, -0.05) is 29.3 Å². The van der Waals surface area contributed by atoms with E-state index < -0.39 is 0 Å². The standard InChI is InChI=1S/C22H29Cl2N3O2/c1-27(12-20(29)26-21-17(23)3-2-4-18(21)24)11-19(28)25-13-22-8-14-5-15(9-22)7-16(6-14)10-22/h2-4,14-16H,5-13H2,1H3,(H,25,28)(H,26,29). The minimum absolute atomic E-state index is 0.0215. The highest BCUT2D eigenvalue weighted by molar-refractivity contribution is 6.39. The van der Waals surface area contributed by atoms with E-state index in [1.54, 1.807) is 30.1 Å². The summed E-state index contributed by atoms with van der Waals surface area (Å²) in [5.41, 5.74) is 0.724. The largest absolute Gasteiger partial charge is 0.354 e. The zero-order valence-electron chi connectivity index (χ0n) is 16.8. The second kappa shape index (κ2) is 8.44. The number of carbonyl (C=O) groups excluding carboxylic acids is 2. The summed E-state index contributed by atoms with van der Waals surface area (Å²) in [6.07, 6.45) is 8.03. The van der Waals surface area contributed by atoms with E-state index in [9.17, 15) is 9.59 Å². The third-order valence-corrected chi connectivity index (χ3v) is 7.51. The molecule has 2 amide bonds. The van der Waals surface area contributed by atoms with Crippen molar-refractivity contribution in [3.05, 3.63) is 28.2 Å². The van der Waals surface area contributed by atoms with Crippen LogP contribution >= 0.6 is 23.2 Å². The average Bonchev–Trinajstić information content (AvgIpc) is 2.62. The lowest BCUT2D eigenvalue weighted by atomic mass is 9.49. The maximum Gasteiger partial charge on any atom is 0.238 e. The fraction of sp³-hybridized carbons (Fsp3) is 0.636. The molecule has 0 heterocycles. The number of amides is 2. The van der Waals surface area contributed by atoms with Crippen LogP contribution in [0.1, 0.15) is 38.5 Å². The Morgan fingerprint density at radius 1 is 1.00 bits per heavy atom. The molecule has 1 aromatic rings. The number of carbonyl (C=O) groups is 2. The SMILES string of the molecule is CN(CC(=O)NCC12CC3CC(CC(C3)C1)C2)CC(=O)Nc1c(Cl)cccc1Cl. The van der Waals surface area contributed by atoms with Crippen LogP contribution in [0.2, 0.25) is 10.0 Å². The number of nitrogens with one attached hydrogen (secondary N) is 2. The number of hydrogen-bond acceptors (Lipinski definition) is 3. The highest BCUT2D eigenvalue weighted by atomic mass is 35.5. The lowest BCUT2D eigenvalue weighted by Crippen LogP contribution is -2.52. The minimum atomic E-state index is -0.253. The normalized spacial score (nSPS) is 29.9. The first-order valence-corrected chi connectivity index (χ1v) is 11.3. The van der Waals surface area contributed by atoms with Gasteiger partial charge in [0.2, 0.25) is 11.8 Å². The van der Waals surface area contributed by atoms with Crippen molar-refractivity contribution in [2.75, 3.05) is 32.0 Å². The summed E-state index contributed by atoms with van der Waals surface area (Å²) in [4.78, 5) is 26.5. The van der Waals surface area contributed by atoms with E-state index >= 15 is 0 Å². The molecular formula is C22H29Cl2N3O2. The smallest absolute Gasteiger partial charge is 0.238 e. The van der Waals surface area contributed by atoms with Gasteiger partial charge in [-0.3, -0.25) is 14.5 Å². The number of anilines is 1. The topological polar surface area (TPSA) is 61.4 Å². The molecule has 7 heteroatoms. The molecule has 0 spiro atoms. The van der Waals surface area contributed by atoms with Crippen molar-refractivity contribution < 1.29 is 9.59 Å². The Labute approximate surface area is 182 Å². The quantitative estimate of drug-likeness (QED) is 0.671. The second-order valence-electron chi connectivity index (χ2n) is 9.51. The zero-order chi connectivity index (χ0) is 20.6. The maximum absolute atomic E-state index is 12.5. The summed E-state index contributed by atoms with van der Waals surface area (Å²) in [5, 5.41) is 6.67. The van der Waals surface area contributed by atoms with Gasteiger partial charge in [0.05, 0.1) is 28.8 Å². The molecule has 4 aliphatic carbocycles. The van der Waals surface area contributed by atoms with Gasteiger partial charge in [0.15, 0.2) is 0 Å². The van der Waals surface area contributed by atoms with E-state index in [4.69, 9.17) is 23.2 Å². The van der Waals surface area contributed by atoms with E-state index in [1.807, 2.05) is 0 Å². The molecule has 2 N–H and O–H groups in total. The summed E-state index contributed by atoms with van der Waals surface area (Å²) in [6.45, 7) is 1.06. The van der Waals surface area contributed by atoms with Crippen LogP contribution in [-0.2, 0) is 9.59 Å². The van der Waals surface area contributed by atoms with Gasteiger partial charge < -0.3 is 10.6 Å². The average molecular weight is 438 g/mol. The van der Waals surface area contributed by atoms with Crippen LogP contribution in [0, 0.1) is 23.2 Å². The van der Waals surface area contributed by atoms with E-state index in [2.05, 4.69) is 10.6 Å². The highest BCUT2D eigenvalue weighted by Gasteiger charge is 2.50. The van der Waals surface area contributed by atoms with Gasteiger partial charge in [-0.2, -0.15) is 0 Å². The van der Waals surface area contributed by atoms with E-state index in [0.717, 1.165) is 24.3 Å². The van der Waals surface area contributed by atoms with Crippen molar-refractivity contribution in [3.63, 3.8) is 0 Å². The summed E-state index contributed by atoms with van der Waals surface area (Å²) < 4.78 is 0. The fourth-order valence-electron chi connectivity index (χ4n) is 6.19. The van der Waals surface area contributed by atoms with E-state index in [0.29, 0.717) is 21.1 Å². The molecule has 0 atom stereocenters. The lowest BCUT2D eigenvalue weighted by molar-refractivity contribution is -0.124. The monoisotopic (exact) mass is 437 g/mol. The molecule has 4 bridgehead atoms. The molecule has 158 valence electrons. The Hall–Kier alpha value is -1.30. The predicted octanol–water partition coefficient (Wildman–Crippen LogP) is 4.20. The van der Waals surface area contributed by atoms with Crippen molar-refractivity contribution >= 4 is 40.7 Å². The van der Waals surface area contributed by atoms with Crippen molar-refractivity contribution in [3.8, 4) is 0 Å². The van der Waals surface area contributed by atoms with Crippen LogP contribution in [0.5, 0.6) is 0 Å². The summed E-state index contributed by atoms with van der Waals surface area (Å²) in [7, 11) is 1.76. The van der Waals surface area contributed by atoms with Gasteiger partial charge in [0.1, 0.15) is 0 Å². The molecule has 0 saturated heterocycles. The molecule has 0 unspecified atom stereocenters. The van der Waals surface area contributed by atoms with Gasteiger partial charge in [-0.15, -0.1) is 0 Å². The Bertz CT molecular complexity index is 743. The van der Waals surface area contributed by atoms with E-state index in [-0.39, 0.29) is 24.9 Å². The number of likely N-dealkylation sites (N-methyl/N-ethyl adjacent to an activating group) is 1. The van der Waals surface area contributed by atoms with E-state index in [1.165, 1.54) is 38.5 Å². The van der Waals surface area contributed by atoms with Crippen molar-refractivity contribution in [1.82, 2.24) is 10.2 Å². The summed E-state index contributed by atoms with van der Waals surface area (Å²) in [5.74, 6) is 2.35. The first-order chi connectivity index (χ1) is 13.8. The molecule has 4 saturated carbocycles. The van der Waals surface area contributed by atoms with Crippen LogP contribution in [0.25, 0.3) is 0 Å². The summed E-state index contributed by atoms with van der Waals surface area (Å²) in [6, 6.07) is 5.07. The van der Waals surface area contributed by atoms with Crippen molar-refractivity contribution in [2.24, 2.45) is 23.2 Å². The Kier molecular flexibility index (Phi) is 6.10. The number of rotatable bonds is 7. The van der Waals surface area contributed by atoms with Crippen LogP contribution in [0.3, 0.4) is 0 Å². The molecule has 5 nitrogen and oxygen atoms in total. The first kappa shape index (κ1) is 21.0. The molecule has 1 aromatic carbocycles. The molecule has 29 heavy (non-hydrogen) atoms. The number of para-hydroxylation sites is 1. The third kappa shape index (κ3) is 4.89. The predicted molar refractivity (Wildman–Crippen MR) is 116 cm³/mol. The third-order valence-electron chi connectivity index (χ3n) is 6.88. The van der Waals surface area contributed by atoms with Gasteiger partial charge in [-0.05, 0) is 80.9 Å². The number of hydrogen-bond donors (Lipinski definition) is 2. The van der Waals surface area contributed by atoms with Crippen molar-refractivity contribution in [1.29, 1.82) is 0 Å². The summed E-state index contributed by atoms with van der Waals surface area (Å²) >= 11 is 12.2.